The highest BCUT2D eigenvalue weighted by Crippen LogP contribution is 2.50. The van der Waals surface area contributed by atoms with Crippen molar-refractivity contribution < 1.29 is 28.6 Å². The molecular formula is C36H36N6O6. The van der Waals surface area contributed by atoms with Gasteiger partial charge in [-0.1, -0.05) is 0 Å². The molecule has 12 heteroatoms. The molecule has 7 rings (SSSR count). The number of benzene rings is 4. The van der Waals surface area contributed by atoms with Crippen LogP contribution in [0.1, 0.15) is 37.5 Å². The monoisotopic (exact) mass is 648 g/mol. The van der Waals surface area contributed by atoms with Crippen molar-refractivity contribution in [1.82, 2.24) is 0 Å². The van der Waals surface area contributed by atoms with E-state index in [0.29, 0.717) is 39.8 Å². The highest BCUT2D eigenvalue weighted by Gasteiger charge is 2.37. The Kier molecular flexibility index (Phi) is 8.14. The third kappa shape index (κ3) is 6.24. The number of carbonyl (C=O) groups is 3. The quantitative estimate of drug-likeness (QED) is 0.244. The van der Waals surface area contributed by atoms with Gasteiger partial charge in [0.05, 0.1) is 36.3 Å². The Bertz CT molecular complexity index is 1640. The molecule has 3 heterocycles. The maximum Gasteiger partial charge on any atom is 0.221 e. The van der Waals surface area contributed by atoms with Crippen molar-refractivity contribution in [3.63, 3.8) is 0 Å². The smallest absolute Gasteiger partial charge is 0.221 e. The summed E-state index contributed by atoms with van der Waals surface area (Å²) in [6.45, 7) is 7.12. The molecule has 0 atom stereocenters. The first-order valence-corrected chi connectivity index (χ1v) is 15.7. The zero-order chi connectivity index (χ0) is 33.4. The molecule has 0 bridgehead atoms. The molecule has 0 radical (unpaired) electrons. The lowest BCUT2D eigenvalue weighted by molar-refractivity contribution is -0.115. The number of hydrogen-bond donors (Lipinski definition) is 3. The molecule has 0 aliphatic carbocycles. The van der Waals surface area contributed by atoms with Gasteiger partial charge in [0.25, 0.3) is 0 Å². The summed E-state index contributed by atoms with van der Waals surface area (Å²) in [5.41, 5.74) is 7.90. The average molecular weight is 649 g/mol. The fourth-order valence-electron chi connectivity index (χ4n) is 6.32. The lowest BCUT2D eigenvalue weighted by Gasteiger charge is -2.41. The van der Waals surface area contributed by atoms with E-state index in [1.54, 1.807) is 0 Å². The minimum absolute atomic E-state index is 0.121. The molecule has 0 aromatic heterocycles. The summed E-state index contributed by atoms with van der Waals surface area (Å²) in [4.78, 5) is 41.0. The molecule has 4 aromatic rings. The van der Waals surface area contributed by atoms with Crippen LogP contribution in [-0.2, 0) is 34.0 Å². The molecule has 3 aliphatic rings. The number of nitrogens with one attached hydrogen (secondary N) is 3. The van der Waals surface area contributed by atoms with Crippen molar-refractivity contribution in [3.8, 4) is 17.2 Å². The van der Waals surface area contributed by atoms with Gasteiger partial charge >= 0.3 is 0 Å². The zero-order valence-corrected chi connectivity index (χ0v) is 27.0. The second-order valence-electron chi connectivity index (χ2n) is 12.0. The van der Waals surface area contributed by atoms with E-state index in [1.807, 2.05) is 72.8 Å². The van der Waals surface area contributed by atoms with Crippen molar-refractivity contribution in [1.29, 1.82) is 0 Å². The molecule has 0 unspecified atom stereocenters. The van der Waals surface area contributed by atoms with Gasteiger partial charge in [-0.05, 0) is 72.8 Å². The van der Waals surface area contributed by atoms with Crippen LogP contribution >= 0.6 is 0 Å². The second-order valence-corrected chi connectivity index (χ2v) is 12.0. The first kappa shape index (κ1) is 30.7. The number of hydrogen-bond acceptors (Lipinski definition) is 9. The summed E-state index contributed by atoms with van der Waals surface area (Å²) in [5, 5.41) is 8.44. The molecule has 0 fully saturated rings. The maximum atomic E-state index is 11.5. The van der Waals surface area contributed by atoms with E-state index in [9.17, 15) is 14.4 Å². The van der Waals surface area contributed by atoms with E-state index in [2.05, 4.69) is 30.7 Å². The zero-order valence-electron chi connectivity index (χ0n) is 27.0. The first-order valence-electron chi connectivity index (χ1n) is 15.7. The van der Waals surface area contributed by atoms with Crippen LogP contribution in [0, 0.1) is 0 Å². The summed E-state index contributed by atoms with van der Waals surface area (Å²) < 4.78 is 19.6. The summed E-state index contributed by atoms with van der Waals surface area (Å²) in [5.74, 6) is 1.94. The Balaban J connectivity index is 1.22. The van der Waals surface area contributed by atoms with Crippen LogP contribution in [0.4, 0.5) is 34.1 Å². The Morgan fingerprint density at radius 3 is 0.938 bits per heavy atom. The van der Waals surface area contributed by atoms with Gasteiger partial charge < -0.3 is 44.9 Å². The maximum absolute atomic E-state index is 11.5. The van der Waals surface area contributed by atoms with Crippen LogP contribution in [0.15, 0.2) is 72.8 Å². The van der Waals surface area contributed by atoms with Crippen molar-refractivity contribution in [2.75, 3.05) is 50.8 Å². The molecule has 3 amide bonds. The third-order valence-electron chi connectivity index (χ3n) is 8.44. The van der Waals surface area contributed by atoms with Crippen molar-refractivity contribution in [2.24, 2.45) is 0 Å². The predicted molar refractivity (Wildman–Crippen MR) is 184 cm³/mol. The Morgan fingerprint density at radius 2 is 0.708 bits per heavy atom. The van der Waals surface area contributed by atoms with Crippen LogP contribution in [0.3, 0.4) is 0 Å². The second kappa shape index (κ2) is 12.7. The van der Waals surface area contributed by atoms with Crippen LogP contribution in [-0.4, -0.2) is 37.9 Å². The van der Waals surface area contributed by atoms with E-state index in [0.717, 1.165) is 68.1 Å². The predicted octanol–water partition coefficient (Wildman–Crippen LogP) is 5.63. The standard InChI is InChI=1S/C36H36N6O6/c1-22(43)37-25-4-10-28(11-5-25)40-16-31-34(46-19-40)32-17-41(29-12-6-26(7-13-29)38-23(2)44)21-48-36(32)33-18-42(20-47-35(31)33)30-14-8-27(9-15-30)39-24(3)45/h4-15H,16-21H2,1-3H3,(H,37,43)(H,38,44)(H,39,45). The van der Waals surface area contributed by atoms with Crippen LogP contribution in [0.25, 0.3) is 0 Å². The normalized spacial score (nSPS) is 14.7. The van der Waals surface area contributed by atoms with Crippen LogP contribution in [0.5, 0.6) is 17.2 Å². The molecule has 246 valence electrons. The van der Waals surface area contributed by atoms with E-state index >= 15 is 0 Å². The SMILES string of the molecule is CC(=O)Nc1ccc(N2COc3c(c4c(c5c3CN(c3ccc(NC(C)=O)cc3)CO5)CN(c3ccc(NC(C)=O)cc3)CO4)C2)cc1. The van der Waals surface area contributed by atoms with E-state index in [1.165, 1.54) is 20.8 Å². The molecule has 12 nitrogen and oxygen atoms in total. The summed E-state index contributed by atoms with van der Waals surface area (Å²) in [6.07, 6.45) is 0. The van der Waals surface area contributed by atoms with Gasteiger partial charge in [0.1, 0.15) is 17.2 Å². The molecule has 0 saturated carbocycles. The Labute approximate surface area is 278 Å². The lowest BCUT2D eigenvalue weighted by atomic mass is 9.96. The highest BCUT2D eigenvalue weighted by atomic mass is 16.5. The summed E-state index contributed by atoms with van der Waals surface area (Å²) >= 11 is 0. The van der Waals surface area contributed by atoms with E-state index in [-0.39, 0.29) is 17.7 Å². The number of ether oxygens (including phenoxy) is 3. The number of amides is 3. The van der Waals surface area contributed by atoms with Gasteiger partial charge in [-0.15, -0.1) is 0 Å². The number of carbonyl (C=O) groups excluding carboxylic acids is 3. The molecule has 48 heavy (non-hydrogen) atoms. The van der Waals surface area contributed by atoms with Crippen LogP contribution in [0.2, 0.25) is 0 Å². The molecule has 3 aliphatic heterocycles. The van der Waals surface area contributed by atoms with E-state index < -0.39 is 0 Å². The van der Waals surface area contributed by atoms with Gasteiger partial charge in [-0.2, -0.15) is 0 Å². The van der Waals surface area contributed by atoms with Crippen molar-refractivity contribution in [2.45, 2.75) is 40.4 Å². The highest BCUT2D eigenvalue weighted by molar-refractivity contribution is 5.90. The number of nitrogens with zero attached hydrogens (tertiary/aromatic N) is 3. The fourth-order valence-corrected chi connectivity index (χ4v) is 6.32. The minimum atomic E-state index is -0.121. The van der Waals surface area contributed by atoms with Crippen LogP contribution < -0.4 is 44.9 Å². The van der Waals surface area contributed by atoms with E-state index in [4.69, 9.17) is 14.2 Å². The molecule has 0 saturated heterocycles. The van der Waals surface area contributed by atoms with Gasteiger partial charge in [0, 0.05) is 54.9 Å². The summed E-state index contributed by atoms with van der Waals surface area (Å²) in [7, 11) is 0. The van der Waals surface area contributed by atoms with Gasteiger partial charge in [-0.25, -0.2) is 0 Å². The Morgan fingerprint density at radius 1 is 0.458 bits per heavy atom. The van der Waals surface area contributed by atoms with Crippen molar-refractivity contribution >= 4 is 51.8 Å². The first-order chi connectivity index (χ1) is 23.2. The van der Waals surface area contributed by atoms with Crippen molar-refractivity contribution in [3.05, 3.63) is 89.5 Å². The molecule has 0 spiro atoms. The fraction of sp³-hybridized carbons (Fsp3) is 0.250. The van der Waals surface area contributed by atoms with Gasteiger partial charge in [-0.3, -0.25) is 14.4 Å². The number of rotatable bonds is 6. The molecule has 3 N–H and O–H groups in total. The lowest BCUT2D eigenvalue weighted by Crippen LogP contribution is -2.39. The number of fused-ring (bicyclic) bond motifs is 6. The van der Waals surface area contributed by atoms with Gasteiger partial charge in [0.2, 0.25) is 17.7 Å². The van der Waals surface area contributed by atoms with Gasteiger partial charge in [0.15, 0.2) is 20.2 Å². The number of anilines is 6. The topological polar surface area (TPSA) is 125 Å². The average Bonchev–Trinajstić information content (AvgIpc) is 3.08. The minimum Gasteiger partial charge on any atom is -0.472 e. The molecular weight excluding hydrogens is 612 g/mol. The Hall–Kier alpha value is -5.91. The summed E-state index contributed by atoms with van der Waals surface area (Å²) in [6, 6.07) is 23.1. The third-order valence-corrected chi connectivity index (χ3v) is 8.44. The molecule has 4 aromatic carbocycles. The largest absolute Gasteiger partial charge is 0.472 e.